The summed E-state index contributed by atoms with van der Waals surface area (Å²) in [5, 5.41) is 1.10. The third kappa shape index (κ3) is 5.15. The zero-order chi connectivity index (χ0) is 22.5. The summed E-state index contributed by atoms with van der Waals surface area (Å²) in [6.45, 7) is 8.34. The lowest BCUT2D eigenvalue weighted by Crippen LogP contribution is -2.35. The van der Waals surface area contributed by atoms with Crippen LogP contribution in [-0.4, -0.2) is 33.9 Å². The monoisotopic (exact) mass is 430 g/mol. The van der Waals surface area contributed by atoms with E-state index in [2.05, 4.69) is 78.0 Å². The Morgan fingerprint density at radius 1 is 0.969 bits per heavy atom. The number of Topliss-reactive ketones (excluding diaryl/α,β-unsaturated/α-hetero) is 1. The molecule has 2 heterocycles. The quantitative estimate of drug-likeness (QED) is 0.261. The van der Waals surface area contributed by atoms with Gasteiger partial charge in [0.1, 0.15) is 0 Å². The highest BCUT2D eigenvalue weighted by molar-refractivity contribution is 6.07. The number of aromatic nitrogens is 1. The van der Waals surface area contributed by atoms with Crippen molar-refractivity contribution in [2.45, 2.75) is 84.3 Å². The molecular formula is C29H38N2O. The van der Waals surface area contributed by atoms with E-state index in [1.165, 1.54) is 55.2 Å². The van der Waals surface area contributed by atoms with Crippen molar-refractivity contribution in [2.75, 3.05) is 6.54 Å². The van der Waals surface area contributed by atoms with Gasteiger partial charge < -0.3 is 4.57 Å². The number of rotatable bonds is 10. The fourth-order valence-electron chi connectivity index (χ4n) is 5.62. The average Bonchev–Trinajstić information content (AvgIpc) is 3.34. The fourth-order valence-corrected chi connectivity index (χ4v) is 5.62. The topological polar surface area (TPSA) is 25.2 Å². The first-order chi connectivity index (χ1) is 15.5. The molecule has 0 bridgehead atoms. The summed E-state index contributed by atoms with van der Waals surface area (Å²) >= 11 is 0. The molecule has 2 atom stereocenters. The van der Waals surface area contributed by atoms with Crippen molar-refractivity contribution in [1.29, 1.82) is 0 Å². The molecule has 0 aliphatic carbocycles. The number of para-hydroxylation sites is 1. The van der Waals surface area contributed by atoms with Gasteiger partial charge in [0.15, 0.2) is 5.78 Å². The second-order valence-electron chi connectivity index (χ2n) is 9.67. The van der Waals surface area contributed by atoms with Gasteiger partial charge in [-0.3, -0.25) is 9.69 Å². The van der Waals surface area contributed by atoms with Crippen LogP contribution in [-0.2, 0) is 13.0 Å². The second-order valence-corrected chi connectivity index (χ2v) is 9.67. The Labute approximate surface area is 193 Å². The third-order valence-electron chi connectivity index (χ3n) is 7.34. The SMILES string of the molecule is CC(=O)c1cn(CCCN2[C@@H](CCCCc3ccccc3)CC[C@H]2C)c2c(C)cccc12. The maximum atomic E-state index is 12.1. The number of fused-ring (bicyclic) bond motifs is 1. The molecule has 0 radical (unpaired) electrons. The molecule has 4 rings (SSSR count). The zero-order valence-corrected chi connectivity index (χ0v) is 20.0. The highest BCUT2D eigenvalue weighted by Gasteiger charge is 2.29. The Hall–Kier alpha value is -2.39. The summed E-state index contributed by atoms with van der Waals surface area (Å²) in [6, 6.07) is 18.6. The van der Waals surface area contributed by atoms with Crippen LogP contribution in [0.5, 0.6) is 0 Å². The van der Waals surface area contributed by atoms with Gasteiger partial charge in [0.2, 0.25) is 0 Å². The van der Waals surface area contributed by atoms with Crippen LogP contribution in [0.25, 0.3) is 10.9 Å². The molecule has 1 aliphatic rings. The van der Waals surface area contributed by atoms with E-state index >= 15 is 0 Å². The minimum absolute atomic E-state index is 0.156. The molecular weight excluding hydrogens is 392 g/mol. The lowest BCUT2D eigenvalue weighted by atomic mass is 10.0. The van der Waals surface area contributed by atoms with Crippen molar-refractivity contribution in [3.05, 3.63) is 71.4 Å². The molecule has 1 aliphatic heterocycles. The molecule has 170 valence electrons. The zero-order valence-electron chi connectivity index (χ0n) is 20.0. The molecule has 0 saturated carbocycles. The number of ketones is 1. The molecule has 0 unspecified atom stereocenters. The van der Waals surface area contributed by atoms with Crippen LogP contribution in [0.15, 0.2) is 54.7 Å². The van der Waals surface area contributed by atoms with Gasteiger partial charge in [-0.1, -0.05) is 55.0 Å². The van der Waals surface area contributed by atoms with E-state index in [1.807, 2.05) is 0 Å². The summed E-state index contributed by atoms with van der Waals surface area (Å²) < 4.78 is 2.32. The molecule has 0 amide bonds. The van der Waals surface area contributed by atoms with Gasteiger partial charge in [0.25, 0.3) is 0 Å². The molecule has 3 nitrogen and oxygen atoms in total. The van der Waals surface area contributed by atoms with Crippen molar-refractivity contribution in [3.8, 4) is 0 Å². The van der Waals surface area contributed by atoms with E-state index in [4.69, 9.17) is 0 Å². The number of benzene rings is 2. The Balaban J connectivity index is 1.32. The highest BCUT2D eigenvalue weighted by atomic mass is 16.1. The number of unbranched alkanes of at least 4 members (excludes halogenated alkanes) is 1. The largest absolute Gasteiger partial charge is 0.346 e. The van der Waals surface area contributed by atoms with E-state index in [0.717, 1.165) is 36.5 Å². The summed E-state index contributed by atoms with van der Waals surface area (Å²) in [7, 11) is 0. The number of nitrogens with zero attached hydrogens (tertiary/aromatic N) is 2. The molecule has 1 saturated heterocycles. The number of hydrogen-bond acceptors (Lipinski definition) is 2. The van der Waals surface area contributed by atoms with Crippen LogP contribution >= 0.6 is 0 Å². The Morgan fingerprint density at radius 3 is 2.56 bits per heavy atom. The Kier molecular flexibility index (Phi) is 7.47. The Morgan fingerprint density at radius 2 is 1.78 bits per heavy atom. The first-order valence-corrected chi connectivity index (χ1v) is 12.4. The molecule has 0 spiro atoms. The number of carbonyl (C=O) groups excluding carboxylic acids is 1. The number of carbonyl (C=O) groups is 1. The first kappa shape index (κ1) is 22.8. The average molecular weight is 431 g/mol. The minimum Gasteiger partial charge on any atom is -0.346 e. The minimum atomic E-state index is 0.156. The van der Waals surface area contributed by atoms with Crippen LogP contribution in [0, 0.1) is 6.92 Å². The standard InChI is InChI=1S/C29H38N2O/c1-22-11-9-16-27-28(24(3)32)21-30(29(22)27)19-10-20-31-23(2)17-18-26(31)15-8-7-14-25-12-5-4-6-13-25/h4-6,9,11-13,16,21,23,26H,7-8,10,14-15,17-20H2,1-3H3/t23-,26+/m1/s1. The molecule has 3 heteroatoms. The second kappa shape index (κ2) is 10.5. The van der Waals surface area contributed by atoms with Crippen molar-refractivity contribution in [3.63, 3.8) is 0 Å². The van der Waals surface area contributed by atoms with E-state index in [9.17, 15) is 4.79 Å². The number of hydrogen-bond donors (Lipinski definition) is 0. The van der Waals surface area contributed by atoms with Gasteiger partial charge in [-0.15, -0.1) is 0 Å². The number of likely N-dealkylation sites (tertiary alicyclic amines) is 1. The molecule has 32 heavy (non-hydrogen) atoms. The van der Waals surface area contributed by atoms with Crippen LogP contribution in [0.3, 0.4) is 0 Å². The summed E-state index contributed by atoms with van der Waals surface area (Å²) in [5.74, 6) is 0.156. The normalized spacial score (nSPS) is 19.1. The van der Waals surface area contributed by atoms with Crippen molar-refractivity contribution in [2.24, 2.45) is 0 Å². The lowest BCUT2D eigenvalue weighted by Gasteiger charge is -2.28. The van der Waals surface area contributed by atoms with E-state index in [-0.39, 0.29) is 5.78 Å². The van der Waals surface area contributed by atoms with Gasteiger partial charge in [0.05, 0.1) is 5.52 Å². The maximum absolute atomic E-state index is 12.1. The summed E-state index contributed by atoms with van der Waals surface area (Å²) in [5.41, 5.74) is 4.79. The van der Waals surface area contributed by atoms with Crippen LogP contribution < -0.4 is 0 Å². The highest BCUT2D eigenvalue weighted by Crippen LogP contribution is 2.29. The van der Waals surface area contributed by atoms with Crippen LogP contribution in [0.2, 0.25) is 0 Å². The molecule has 1 fully saturated rings. The third-order valence-corrected chi connectivity index (χ3v) is 7.34. The predicted octanol–water partition coefficient (Wildman–Crippen LogP) is 6.81. The van der Waals surface area contributed by atoms with E-state index in [1.54, 1.807) is 6.92 Å². The van der Waals surface area contributed by atoms with Crippen LogP contribution in [0.4, 0.5) is 0 Å². The van der Waals surface area contributed by atoms with Gasteiger partial charge in [-0.2, -0.15) is 0 Å². The smallest absolute Gasteiger partial charge is 0.161 e. The molecule has 2 aromatic carbocycles. The van der Waals surface area contributed by atoms with Gasteiger partial charge in [-0.25, -0.2) is 0 Å². The van der Waals surface area contributed by atoms with Gasteiger partial charge in [0, 0.05) is 42.3 Å². The maximum Gasteiger partial charge on any atom is 0.161 e. The molecule has 3 aromatic rings. The fraction of sp³-hybridized carbons (Fsp3) is 0.483. The van der Waals surface area contributed by atoms with E-state index in [0.29, 0.717) is 6.04 Å². The van der Waals surface area contributed by atoms with Gasteiger partial charge in [-0.05, 0) is 70.4 Å². The summed E-state index contributed by atoms with van der Waals surface area (Å²) in [4.78, 5) is 14.9. The summed E-state index contributed by atoms with van der Waals surface area (Å²) in [6.07, 6.45) is 11.0. The van der Waals surface area contributed by atoms with E-state index < -0.39 is 0 Å². The van der Waals surface area contributed by atoms with Crippen LogP contribution in [0.1, 0.15) is 73.9 Å². The Bertz CT molecular complexity index is 1040. The van der Waals surface area contributed by atoms with Gasteiger partial charge >= 0.3 is 0 Å². The van der Waals surface area contributed by atoms with Crippen molar-refractivity contribution >= 4 is 16.7 Å². The van der Waals surface area contributed by atoms with Crippen molar-refractivity contribution < 1.29 is 4.79 Å². The predicted molar refractivity (Wildman–Crippen MR) is 134 cm³/mol. The lowest BCUT2D eigenvalue weighted by molar-refractivity contribution is 0.101. The molecule has 1 aromatic heterocycles. The number of aryl methyl sites for hydroxylation is 3. The first-order valence-electron chi connectivity index (χ1n) is 12.4. The van der Waals surface area contributed by atoms with Crippen molar-refractivity contribution in [1.82, 2.24) is 9.47 Å². The molecule has 0 N–H and O–H groups in total.